The quantitative estimate of drug-likeness (QED) is 0.653. The van der Waals surface area contributed by atoms with Gasteiger partial charge in [0.15, 0.2) is 17.3 Å². The molecule has 2 heterocycles. The van der Waals surface area contributed by atoms with Crippen molar-refractivity contribution in [1.82, 2.24) is 14.8 Å². The van der Waals surface area contributed by atoms with Crippen molar-refractivity contribution in [2.75, 3.05) is 34.4 Å². The molecule has 2 atom stereocenters. The average Bonchev–Trinajstić information content (AvgIpc) is 3.47. The maximum Gasteiger partial charge on any atom is 0.274 e. The van der Waals surface area contributed by atoms with Crippen LogP contribution in [0.25, 0.3) is 0 Å². The zero-order valence-electron chi connectivity index (χ0n) is 18.3. The maximum atomic E-state index is 14.5. The molecule has 0 radical (unpaired) electrons. The number of rotatable bonds is 6. The van der Waals surface area contributed by atoms with Crippen molar-refractivity contribution in [2.45, 2.75) is 18.5 Å². The van der Waals surface area contributed by atoms with Crippen molar-refractivity contribution in [3.8, 4) is 11.5 Å². The van der Waals surface area contributed by atoms with E-state index in [1.54, 1.807) is 14.2 Å². The summed E-state index contributed by atoms with van der Waals surface area (Å²) in [4.78, 5) is 39.7. The van der Waals surface area contributed by atoms with Gasteiger partial charge in [0.05, 0.1) is 19.3 Å². The van der Waals surface area contributed by atoms with E-state index >= 15 is 0 Å². The first-order valence-electron chi connectivity index (χ1n) is 10.2. The summed E-state index contributed by atoms with van der Waals surface area (Å²) in [5, 5.41) is 12.8. The third-order valence-electron chi connectivity index (χ3n) is 6.32. The van der Waals surface area contributed by atoms with Crippen LogP contribution in [0.3, 0.4) is 0 Å². The highest BCUT2D eigenvalue weighted by Gasteiger charge is 2.60. The van der Waals surface area contributed by atoms with Gasteiger partial charge in [0.2, 0.25) is 5.43 Å². The van der Waals surface area contributed by atoms with Crippen LogP contribution in [-0.2, 0) is 16.8 Å². The number of halogens is 2. The van der Waals surface area contributed by atoms with Crippen molar-refractivity contribution in [2.24, 2.45) is 5.92 Å². The van der Waals surface area contributed by atoms with Crippen molar-refractivity contribution in [3.05, 3.63) is 56.2 Å². The Labute approximate surface area is 193 Å². The van der Waals surface area contributed by atoms with Crippen LogP contribution in [0, 0.1) is 11.7 Å². The molecule has 4 rings (SSSR count). The Morgan fingerprint density at radius 3 is 2.76 bits per heavy atom. The molecule has 2 N–H and O–H groups in total. The van der Waals surface area contributed by atoms with Gasteiger partial charge >= 0.3 is 0 Å². The van der Waals surface area contributed by atoms with Crippen LogP contribution in [0.4, 0.5) is 4.39 Å². The minimum atomic E-state index is -0.977. The number of amides is 2. The Hall–Kier alpha value is -3.11. The number of aromatic nitrogens is 1. The van der Waals surface area contributed by atoms with Gasteiger partial charge in [-0.25, -0.2) is 4.39 Å². The van der Waals surface area contributed by atoms with E-state index in [1.807, 2.05) is 0 Å². The third kappa shape index (κ3) is 3.63. The van der Waals surface area contributed by atoms with E-state index < -0.39 is 34.3 Å². The summed E-state index contributed by atoms with van der Waals surface area (Å²) >= 11 is 5.91. The molecule has 0 bridgehead atoms. The SMILES string of the molecule is COC[C@@H]1C[C@]12CN(C)C(=O)c1c(O)c(=O)c(C(=O)NCc3ccc(OC)c(Cl)c3F)cn12. The fourth-order valence-corrected chi connectivity index (χ4v) is 4.73. The standard InChI is InChI=1S/C22H23ClFN3O6/c1-26-10-22(6-12(22)9-32-2)27-8-13(18(28)19(29)17(27)21(26)31)20(30)25-7-11-4-5-14(33-3)15(23)16(11)24/h4-5,8,12,29H,6-7,9-10H2,1-3H3,(H,25,30)/t12-,22-/m0/s1. The summed E-state index contributed by atoms with van der Waals surface area (Å²) in [6, 6.07) is 2.86. The number of fused-ring (bicyclic) bond motifs is 2. The summed E-state index contributed by atoms with van der Waals surface area (Å²) in [5.74, 6) is -2.68. The van der Waals surface area contributed by atoms with Crippen molar-refractivity contribution in [3.63, 3.8) is 0 Å². The van der Waals surface area contributed by atoms with Gasteiger partial charge in [0, 0.05) is 44.9 Å². The molecule has 1 aliphatic heterocycles. The van der Waals surface area contributed by atoms with E-state index in [4.69, 9.17) is 21.1 Å². The lowest BCUT2D eigenvalue weighted by atomic mass is 10.0. The Morgan fingerprint density at radius 1 is 1.36 bits per heavy atom. The number of nitrogens with zero attached hydrogens (tertiary/aromatic N) is 2. The third-order valence-corrected chi connectivity index (χ3v) is 6.67. The van der Waals surface area contributed by atoms with Gasteiger partial charge in [-0.15, -0.1) is 0 Å². The van der Waals surface area contributed by atoms with E-state index in [1.165, 1.54) is 34.9 Å². The second-order valence-electron chi connectivity index (χ2n) is 8.30. The lowest BCUT2D eigenvalue weighted by Crippen LogP contribution is -2.48. The monoisotopic (exact) mass is 479 g/mol. The molecule has 9 nitrogen and oxygen atoms in total. The minimum Gasteiger partial charge on any atom is -0.503 e. The molecule has 2 aliphatic rings. The highest BCUT2D eigenvalue weighted by molar-refractivity contribution is 6.32. The van der Waals surface area contributed by atoms with Gasteiger partial charge in [-0.1, -0.05) is 17.7 Å². The highest BCUT2D eigenvalue weighted by atomic mass is 35.5. The Balaban J connectivity index is 1.67. The second-order valence-corrected chi connectivity index (χ2v) is 8.68. The molecule has 1 aromatic carbocycles. The maximum absolute atomic E-state index is 14.5. The van der Waals surface area contributed by atoms with Crippen LogP contribution in [0.2, 0.25) is 5.02 Å². The number of nitrogens with one attached hydrogen (secondary N) is 1. The van der Waals surface area contributed by atoms with Gasteiger partial charge in [-0.2, -0.15) is 0 Å². The van der Waals surface area contributed by atoms with Gasteiger partial charge < -0.3 is 29.4 Å². The lowest BCUT2D eigenvalue weighted by Gasteiger charge is -2.35. The summed E-state index contributed by atoms with van der Waals surface area (Å²) in [6.07, 6.45) is 1.95. The fourth-order valence-electron chi connectivity index (χ4n) is 4.47. The van der Waals surface area contributed by atoms with Crippen LogP contribution >= 0.6 is 11.6 Å². The molecule has 33 heavy (non-hydrogen) atoms. The fraction of sp³-hybridized carbons (Fsp3) is 0.409. The zero-order chi connectivity index (χ0) is 24.1. The predicted molar refractivity (Wildman–Crippen MR) is 116 cm³/mol. The molecular weight excluding hydrogens is 457 g/mol. The molecule has 0 unspecified atom stereocenters. The number of hydrogen-bond acceptors (Lipinski definition) is 6. The number of pyridine rings is 1. The minimum absolute atomic E-state index is 0.0464. The molecule has 2 aromatic rings. The number of hydrogen-bond donors (Lipinski definition) is 2. The molecule has 1 fully saturated rings. The van der Waals surface area contributed by atoms with Crippen LogP contribution in [0.1, 0.15) is 32.8 Å². The number of ether oxygens (including phenoxy) is 2. The molecule has 1 saturated carbocycles. The van der Waals surface area contributed by atoms with Gasteiger partial charge in [-0.05, 0) is 12.5 Å². The van der Waals surface area contributed by atoms with Crippen LogP contribution < -0.4 is 15.5 Å². The summed E-state index contributed by atoms with van der Waals surface area (Å²) in [7, 11) is 4.51. The van der Waals surface area contributed by atoms with E-state index in [-0.39, 0.29) is 40.1 Å². The molecule has 1 spiro atoms. The van der Waals surface area contributed by atoms with Crippen LogP contribution in [0.15, 0.2) is 23.1 Å². The summed E-state index contributed by atoms with van der Waals surface area (Å²) in [5.41, 5.74) is -1.97. The molecule has 1 aromatic heterocycles. The van der Waals surface area contributed by atoms with Crippen LogP contribution in [0.5, 0.6) is 11.5 Å². The first kappa shape index (κ1) is 23.1. The molecule has 176 valence electrons. The molecule has 11 heteroatoms. The smallest absolute Gasteiger partial charge is 0.274 e. The largest absolute Gasteiger partial charge is 0.503 e. The van der Waals surface area contributed by atoms with Gasteiger partial charge in [-0.3, -0.25) is 14.4 Å². The first-order valence-corrected chi connectivity index (χ1v) is 10.6. The van der Waals surface area contributed by atoms with Crippen molar-refractivity contribution >= 4 is 23.4 Å². The average molecular weight is 480 g/mol. The first-order chi connectivity index (χ1) is 15.7. The summed E-state index contributed by atoms with van der Waals surface area (Å²) in [6.45, 7) is 0.522. The number of benzene rings is 1. The normalized spacial score (nSPS) is 21.2. The Morgan fingerprint density at radius 2 is 2.09 bits per heavy atom. The topological polar surface area (TPSA) is 110 Å². The molecule has 1 aliphatic carbocycles. The van der Waals surface area contributed by atoms with E-state index in [2.05, 4.69) is 5.32 Å². The lowest BCUT2D eigenvalue weighted by molar-refractivity contribution is 0.0664. The van der Waals surface area contributed by atoms with Crippen LogP contribution in [-0.4, -0.2) is 60.8 Å². The Bertz CT molecular complexity index is 1220. The van der Waals surface area contributed by atoms with E-state index in [0.717, 1.165) is 0 Å². The molecule has 0 saturated heterocycles. The van der Waals surface area contributed by atoms with E-state index in [9.17, 15) is 23.9 Å². The predicted octanol–water partition coefficient (Wildman–Crippen LogP) is 1.73. The van der Waals surface area contributed by atoms with E-state index in [0.29, 0.717) is 19.6 Å². The highest BCUT2D eigenvalue weighted by Crippen LogP contribution is 2.53. The number of aromatic hydroxyl groups is 1. The molecule has 2 amide bonds. The second kappa shape index (κ2) is 8.35. The number of methoxy groups -OCH3 is 2. The van der Waals surface area contributed by atoms with Gasteiger partial charge in [0.1, 0.15) is 16.3 Å². The molecular formula is C22H23ClFN3O6. The van der Waals surface area contributed by atoms with Gasteiger partial charge in [0.25, 0.3) is 11.8 Å². The number of carbonyl (C=O) groups is 2. The summed E-state index contributed by atoms with van der Waals surface area (Å²) < 4.78 is 26.2. The zero-order valence-corrected chi connectivity index (χ0v) is 19.0. The number of likely N-dealkylation sites (N-methyl/N-ethyl adjacent to an activating group) is 1. The Kier molecular flexibility index (Phi) is 5.83. The number of carbonyl (C=O) groups excluding carboxylic acids is 2. The van der Waals surface area contributed by atoms with Crippen molar-refractivity contribution < 1.29 is 28.6 Å². The van der Waals surface area contributed by atoms with Crippen molar-refractivity contribution in [1.29, 1.82) is 0 Å².